The van der Waals surface area contributed by atoms with Crippen LogP contribution in [0.2, 0.25) is 0 Å². The summed E-state index contributed by atoms with van der Waals surface area (Å²) in [5, 5.41) is 1.19. The number of fused-ring (bicyclic) bond motifs is 1. The van der Waals surface area contributed by atoms with Crippen molar-refractivity contribution in [3.8, 4) is 16.9 Å². The summed E-state index contributed by atoms with van der Waals surface area (Å²) in [5.74, 6) is 0.940. The predicted molar refractivity (Wildman–Crippen MR) is 128 cm³/mol. The first-order valence-electron chi connectivity index (χ1n) is 10.4. The molecule has 0 atom stereocenters. The number of anilines is 1. The molecule has 4 aromatic rings. The number of nitrogens with zero attached hydrogens (tertiary/aromatic N) is 1. The van der Waals surface area contributed by atoms with Crippen LogP contribution in [0.15, 0.2) is 79.4 Å². The summed E-state index contributed by atoms with van der Waals surface area (Å²) < 4.78 is 9.47. The first-order valence-corrected chi connectivity index (χ1v) is 11.2. The van der Waals surface area contributed by atoms with Crippen molar-refractivity contribution in [3.63, 3.8) is 0 Å². The maximum Gasteiger partial charge on any atom is 0.262 e. The molecule has 0 unspecified atom stereocenters. The quantitative estimate of drug-likeness (QED) is 0.197. The van der Waals surface area contributed by atoms with Crippen molar-refractivity contribution in [2.24, 2.45) is 0 Å². The van der Waals surface area contributed by atoms with Crippen molar-refractivity contribution < 1.29 is 9.30 Å². The molecule has 0 fully saturated rings. The van der Waals surface area contributed by atoms with Crippen LogP contribution in [0.5, 0.6) is 5.75 Å². The smallest absolute Gasteiger partial charge is 0.262 e. The molecule has 4 heteroatoms. The minimum absolute atomic E-state index is 0.749. The van der Waals surface area contributed by atoms with E-state index < -0.39 is 0 Å². The van der Waals surface area contributed by atoms with Gasteiger partial charge in [-0.25, -0.2) is 0 Å². The first-order chi connectivity index (χ1) is 14.8. The summed E-state index contributed by atoms with van der Waals surface area (Å²) in [7, 11) is 0. The second-order valence-electron chi connectivity index (χ2n) is 7.26. The van der Waals surface area contributed by atoms with Gasteiger partial charge in [0.05, 0.1) is 12.2 Å². The molecule has 0 aliphatic carbocycles. The number of nitrogens with two attached hydrogens (primary N) is 1. The second-order valence-corrected chi connectivity index (χ2v) is 8.32. The Labute approximate surface area is 182 Å². The van der Waals surface area contributed by atoms with Crippen molar-refractivity contribution in [2.45, 2.75) is 25.8 Å². The third-order valence-electron chi connectivity index (χ3n) is 5.21. The van der Waals surface area contributed by atoms with Gasteiger partial charge < -0.3 is 10.5 Å². The number of thiazole rings is 1. The molecule has 0 spiro atoms. The molecule has 152 valence electrons. The largest absolute Gasteiger partial charge is 0.494 e. The molecule has 1 heterocycles. The monoisotopic (exact) mass is 415 g/mol. The number of para-hydroxylation sites is 3. The highest BCUT2D eigenvalue weighted by Gasteiger charge is 2.22. The van der Waals surface area contributed by atoms with Crippen molar-refractivity contribution in [2.75, 3.05) is 12.3 Å². The molecular weight excluding hydrogens is 388 g/mol. The van der Waals surface area contributed by atoms with Gasteiger partial charge in [-0.3, -0.25) is 0 Å². The Balaban J connectivity index is 1.49. The lowest BCUT2D eigenvalue weighted by Crippen LogP contribution is -2.35. The van der Waals surface area contributed by atoms with Crippen LogP contribution in [-0.2, 0) is 6.54 Å². The minimum Gasteiger partial charge on any atom is -0.494 e. The number of aryl methyl sites for hydroxylation is 1. The molecule has 0 aliphatic heterocycles. The van der Waals surface area contributed by atoms with Crippen LogP contribution in [0.1, 0.15) is 24.3 Å². The number of aromatic nitrogens is 1. The summed E-state index contributed by atoms with van der Waals surface area (Å²) in [6.07, 6.45) is 5.21. The van der Waals surface area contributed by atoms with Gasteiger partial charge in [0.2, 0.25) is 5.52 Å². The summed E-state index contributed by atoms with van der Waals surface area (Å²) in [6, 6.07) is 24.5. The normalized spacial score (nSPS) is 10.9. The van der Waals surface area contributed by atoms with Crippen molar-refractivity contribution in [1.29, 1.82) is 0 Å². The lowest BCUT2D eigenvalue weighted by Gasteiger charge is -2.07. The van der Waals surface area contributed by atoms with Crippen LogP contribution in [0.25, 0.3) is 27.4 Å². The third-order valence-corrected chi connectivity index (χ3v) is 6.36. The van der Waals surface area contributed by atoms with Gasteiger partial charge in [0.25, 0.3) is 5.01 Å². The number of ether oxygens (including phenoxy) is 1. The fraction of sp³-hybridized carbons (Fsp3) is 0.192. The number of hydrogen-bond acceptors (Lipinski definition) is 3. The van der Waals surface area contributed by atoms with Crippen LogP contribution in [0.4, 0.5) is 5.69 Å². The van der Waals surface area contributed by atoms with E-state index in [2.05, 4.69) is 35.4 Å². The minimum atomic E-state index is 0.749. The van der Waals surface area contributed by atoms with E-state index in [1.165, 1.54) is 20.8 Å². The Hall–Kier alpha value is -3.11. The topological polar surface area (TPSA) is 39.1 Å². The summed E-state index contributed by atoms with van der Waals surface area (Å²) in [4.78, 5) is 0. The zero-order valence-corrected chi connectivity index (χ0v) is 17.9. The van der Waals surface area contributed by atoms with Gasteiger partial charge in [0.15, 0.2) is 6.54 Å². The Morgan fingerprint density at radius 2 is 1.63 bits per heavy atom. The van der Waals surface area contributed by atoms with E-state index in [1.807, 2.05) is 54.6 Å². The van der Waals surface area contributed by atoms with Gasteiger partial charge in [-0.05, 0) is 43.2 Å². The van der Waals surface area contributed by atoms with E-state index >= 15 is 0 Å². The molecule has 1 aromatic heterocycles. The van der Waals surface area contributed by atoms with Crippen LogP contribution in [-0.4, -0.2) is 6.61 Å². The molecule has 30 heavy (non-hydrogen) atoms. The van der Waals surface area contributed by atoms with E-state index in [-0.39, 0.29) is 0 Å². The number of rotatable bonds is 9. The SMILES string of the molecule is C=Cc1sc2cccc(-c3ccccc3N)c2[n+]1CCCCCOc1ccccc1. The van der Waals surface area contributed by atoms with Gasteiger partial charge in [0, 0.05) is 23.7 Å². The molecule has 2 N–H and O–H groups in total. The van der Waals surface area contributed by atoms with Gasteiger partial charge >= 0.3 is 0 Å². The zero-order valence-electron chi connectivity index (χ0n) is 17.1. The molecule has 0 bridgehead atoms. The maximum absolute atomic E-state index is 6.30. The molecule has 0 saturated heterocycles. The number of benzene rings is 3. The van der Waals surface area contributed by atoms with E-state index in [0.29, 0.717) is 0 Å². The van der Waals surface area contributed by atoms with E-state index in [0.717, 1.165) is 49.4 Å². The van der Waals surface area contributed by atoms with Crippen molar-refractivity contribution >= 4 is 33.3 Å². The van der Waals surface area contributed by atoms with Crippen molar-refractivity contribution in [1.82, 2.24) is 0 Å². The Bertz CT molecular complexity index is 1130. The third kappa shape index (κ3) is 4.39. The Morgan fingerprint density at radius 3 is 2.43 bits per heavy atom. The van der Waals surface area contributed by atoms with E-state index in [4.69, 9.17) is 10.5 Å². The average molecular weight is 416 g/mol. The van der Waals surface area contributed by atoms with E-state index in [9.17, 15) is 0 Å². The zero-order chi connectivity index (χ0) is 20.8. The van der Waals surface area contributed by atoms with Crippen LogP contribution < -0.4 is 15.0 Å². The fourth-order valence-corrected chi connectivity index (χ4v) is 4.81. The summed E-state index contributed by atoms with van der Waals surface area (Å²) >= 11 is 1.78. The molecule has 3 nitrogen and oxygen atoms in total. The number of unbranched alkanes of at least 4 members (excludes halogenated alkanes) is 2. The molecular formula is C26H27N2OS+. The standard InChI is InChI=1S/C26H27N2OS/c1-2-25-28(18-9-4-10-19-29-20-12-5-3-6-13-20)26-22(15-11-17-24(26)30-25)21-14-7-8-16-23(21)27/h2-3,5-8,11-17H,1,4,9-10,18-19,27H2/q+1. The molecule has 3 aromatic carbocycles. The Kier molecular flexibility index (Phi) is 6.45. The van der Waals surface area contributed by atoms with Crippen LogP contribution in [0, 0.1) is 0 Å². The molecule has 0 saturated carbocycles. The molecule has 0 amide bonds. The number of hydrogen-bond donors (Lipinski definition) is 1. The highest BCUT2D eigenvalue weighted by molar-refractivity contribution is 7.18. The van der Waals surface area contributed by atoms with Gasteiger partial charge in [-0.1, -0.05) is 60.4 Å². The average Bonchev–Trinajstić information content (AvgIpc) is 3.15. The van der Waals surface area contributed by atoms with Crippen LogP contribution in [0.3, 0.4) is 0 Å². The van der Waals surface area contributed by atoms with Crippen LogP contribution >= 0.6 is 11.3 Å². The summed E-state index contributed by atoms with van der Waals surface area (Å²) in [5.41, 5.74) is 10.6. The van der Waals surface area contributed by atoms with Gasteiger partial charge in [-0.2, -0.15) is 4.57 Å². The predicted octanol–water partition coefficient (Wildman–Crippen LogP) is 6.33. The van der Waals surface area contributed by atoms with Crippen molar-refractivity contribution in [3.05, 3.63) is 84.4 Å². The van der Waals surface area contributed by atoms with Gasteiger partial charge in [-0.15, -0.1) is 0 Å². The highest BCUT2D eigenvalue weighted by atomic mass is 32.1. The lowest BCUT2D eigenvalue weighted by molar-refractivity contribution is -0.669. The first kappa shape index (κ1) is 20.2. The molecule has 0 aliphatic rings. The molecule has 4 rings (SSSR count). The summed E-state index contributed by atoms with van der Waals surface area (Å²) in [6.45, 7) is 5.75. The Morgan fingerprint density at radius 1 is 0.867 bits per heavy atom. The van der Waals surface area contributed by atoms with Gasteiger partial charge in [0.1, 0.15) is 10.4 Å². The highest BCUT2D eigenvalue weighted by Crippen LogP contribution is 2.33. The molecule has 0 radical (unpaired) electrons. The fourth-order valence-electron chi connectivity index (χ4n) is 3.75. The second kappa shape index (κ2) is 9.59. The lowest BCUT2D eigenvalue weighted by atomic mass is 10.0. The number of nitrogen functional groups attached to an aromatic ring is 1. The van der Waals surface area contributed by atoms with E-state index in [1.54, 1.807) is 11.3 Å². The maximum atomic E-state index is 6.30.